The zero-order valence-corrected chi connectivity index (χ0v) is 17.7. The van der Waals surface area contributed by atoms with Crippen molar-refractivity contribution in [3.63, 3.8) is 0 Å². The molecule has 2 heterocycles. The highest BCUT2D eigenvalue weighted by atomic mass is 16.6. The molecule has 0 aliphatic carbocycles. The van der Waals surface area contributed by atoms with Gasteiger partial charge >= 0.3 is 6.09 Å². The van der Waals surface area contributed by atoms with Crippen LogP contribution in [0.15, 0.2) is 30.6 Å². The first-order valence-corrected chi connectivity index (χ1v) is 10.1. The molecule has 0 atom stereocenters. The van der Waals surface area contributed by atoms with Crippen LogP contribution in [0, 0.1) is 0 Å². The lowest BCUT2D eigenvalue weighted by Gasteiger charge is -2.33. The van der Waals surface area contributed by atoms with Crippen LogP contribution in [0.1, 0.15) is 45.2 Å². The summed E-state index contributed by atoms with van der Waals surface area (Å²) in [6.07, 6.45) is 5.91. The Morgan fingerprint density at radius 1 is 1.28 bits per heavy atom. The number of aromatic nitrogens is 2. The number of piperidine rings is 1. The zero-order chi connectivity index (χ0) is 21.0. The predicted molar refractivity (Wildman–Crippen MR) is 111 cm³/mol. The van der Waals surface area contributed by atoms with Gasteiger partial charge in [-0.1, -0.05) is 6.07 Å². The molecule has 0 unspecified atom stereocenters. The van der Waals surface area contributed by atoms with E-state index in [0.717, 1.165) is 35.3 Å². The van der Waals surface area contributed by atoms with Crippen LogP contribution in [-0.2, 0) is 11.2 Å². The van der Waals surface area contributed by atoms with Gasteiger partial charge < -0.3 is 19.5 Å². The van der Waals surface area contributed by atoms with Gasteiger partial charge in [-0.2, -0.15) is 5.10 Å². The lowest BCUT2D eigenvalue weighted by atomic mass is 10.00. The standard InChI is InChI=1S/C22H31N3O4/c1-22(2,3)29-21(27)24-10-7-18(8-11-24)25-15-17(14-23-25)20-6-5-19(28-4)13-16(20)9-12-26/h5-6,13-15,18,26H,7-12H2,1-4H3. The van der Waals surface area contributed by atoms with Crippen molar-refractivity contribution in [2.24, 2.45) is 0 Å². The highest BCUT2D eigenvalue weighted by Gasteiger charge is 2.28. The molecule has 1 aromatic heterocycles. The van der Waals surface area contributed by atoms with Crippen LogP contribution in [-0.4, -0.2) is 58.3 Å². The molecule has 1 aliphatic rings. The Labute approximate surface area is 172 Å². The molecule has 0 bridgehead atoms. The minimum Gasteiger partial charge on any atom is -0.497 e. The van der Waals surface area contributed by atoms with Crippen LogP contribution in [0.3, 0.4) is 0 Å². The van der Waals surface area contributed by atoms with Crippen molar-refractivity contribution in [2.45, 2.75) is 51.7 Å². The molecule has 158 valence electrons. The molecule has 0 radical (unpaired) electrons. The summed E-state index contributed by atoms with van der Waals surface area (Å²) in [5, 5.41) is 14.0. The third-order valence-electron chi connectivity index (χ3n) is 5.10. The number of likely N-dealkylation sites (tertiary alicyclic amines) is 1. The molecule has 1 amide bonds. The van der Waals surface area contributed by atoms with Gasteiger partial charge in [0.1, 0.15) is 11.4 Å². The van der Waals surface area contributed by atoms with Crippen LogP contribution in [0.2, 0.25) is 0 Å². The van der Waals surface area contributed by atoms with Crippen molar-refractivity contribution in [1.29, 1.82) is 0 Å². The number of methoxy groups -OCH3 is 1. The fourth-order valence-corrected chi connectivity index (χ4v) is 3.62. The average molecular weight is 402 g/mol. The summed E-state index contributed by atoms with van der Waals surface area (Å²) in [6.45, 7) is 7.05. The normalized spacial score (nSPS) is 15.4. The molecule has 1 fully saturated rings. The maximum atomic E-state index is 12.2. The first-order valence-electron chi connectivity index (χ1n) is 10.1. The van der Waals surface area contributed by atoms with E-state index in [2.05, 4.69) is 11.3 Å². The molecule has 7 heteroatoms. The third kappa shape index (κ3) is 5.29. The van der Waals surface area contributed by atoms with E-state index >= 15 is 0 Å². The van der Waals surface area contributed by atoms with Crippen LogP contribution in [0.5, 0.6) is 5.75 Å². The van der Waals surface area contributed by atoms with Crippen LogP contribution in [0.25, 0.3) is 11.1 Å². The summed E-state index contributed by atoms with van der Waals surface area (Å²) in [5.41, 5.74) is 2.63. The minimum absolute atomic E-state index is 0.0808. The number of carbonyl (C=O) groups excluding carboxylic acids is 1. The van der Waals surface area contributed by atoms with Crippen molar-refractivity contribution in [3.8, 4) is 16.9 Å². The number of amides is 1. The molecule has 1 aromatic carbocycles. The molecule has 7 nitrogen and oxygen atoms in total. The number of aliphatic hydroxyl groups is 1. The highest BCUT2D eigenvalue weighted by Crippen LogP contribution is 2.30. The van der Waals surface area contributed by atoms with E-state index in [1.54, 1.807) is 12.0 Å². The number of benzene rings is 1. The third-order valence-corrected chi connectivity index (χ3v) is 5.10. The quantitative estimate of drug-likeness (QED) is 0.827. The Morgan fingerprint density at radius 3 is 2.62 bits per heavy atom. The largest absolute Gasteiger partial charge is 0.497 e. The van der Waals surface area contributed by atoms with Gasteiger partial charge in [-0.3, -0.25) is 4.68 Å². The summed E-state index contributed by atoms with van der Waals surface area (Å²) in [5.74, 6) is 0.777. The van der Waals surface area contributed by atoms with E-state index in [0.29, 0.717) is 19.5 Å². The van der Waals surface area contributed by atoms with Gasteiger partial charge in [0.25, 0.3) is 0 Å². The monoisotopic (exact) mass is 401 g/mol. The first-order chi connectivity index (χ1) is 13.8. The lowest BCUT2D eigenvalue weighted by Crippen LogP contribution is -2.42. The molecule has 3 rings (SSSR count). The SMILES string of the molecule is COc1ccc(-c2cnn(C3CCN(C(=O)OC(C)(C)C)CC3)c2)c(CCO)c1. The molecule has 0 spiro atoms. The maximum Gasteiger partial charge on any atom is 0.410 e. The highest BCUT2D eigenvalue weighted by molar-refractivity contribution is 5.68. The summed E-state index contributed by atoms with van der Waals surface area (Å²) in [4.78, 5) is 14.0. The predicted octanol–water partition coefficient (Wildman–Crippen LogP) is 3.67. The summed E-state index contributed by atoms with van der Waals surface area (Å²) in [7, 11) is 1.64. The Bertz CT molecular complexity index is 833. The molecule has 2 aromatic rings. The van der Waals surface area contributed by atoms with E-state index in [1.165, 1.54) is 0 Å². The fourth-order valence-electron chi connectivity index (χ4n) is 3.62. The minimum atomic E-state index is -0.477. The zero-order valence-electron chi connectivity index (χ0n) is 17.7. The van der Waals surface area contributed by atoms with Crippen LogP contribution >= 0.6 is 0 Å². The summed E-state index contributed by atoms with van der Waals surface area (Å²) in [6, 6.07) is 6.15. The van der Waals surface area contributed by atoms with Gasteiger partial charge in [-0.15, -0.1) is 0 Å². The van der Waals surface area contributed by atoms with Crippen molar-refractivity contribution in [2.75, 3.05) is 26.8 Å². The number of carbonyl (C=O) groups is 1. The average Bonchev–Trinajstić information content (AvgIpc) is 3.17. The van der Waals surface area contributed by atoms with E-state index in [4.69, 9.17) is 9.47 Å². The second-order valence-electron chi connectivity index (χ2n) is 8.40. The number of aliphatic hydroxyl groups excluding tert-OH is 1. The fraction of sp³-hybridized carbons (Fsp3) is 0.545. The number of rotatable bonds is 5. The number of nitrogens with zero attached hydrogens (tertiary/aromatic N) is 3. The number of hydrogen-bond donors (Lipinski definition) is 1. The molecule has 29 heavy (non-hydrogen) atoms. The van der Waals surface area contributed by atoms with E-state index in [1.807, 2.05) is 49.8 Å². The first kappa shape index (κ1) is 21.2. The van der Waals surface area contributed by atoms with Gasteiger partial charge in [-0.25, -0.2) is 4.79 Å². The van der Waals surface area contributed by atoms with Gasteiger partial charge in [-0.05, 0) is 63.3 Å². The second kappa shape index (κ2) is 8.86. The molecule has 1 N–H and O–H groups in total. The van der Waals surface area contributed by atoms with Gasteiger partial charge in [0, 0.05) is 31.5 Å². The van der Waals surface area contributed by atoms with Crippen LogP contribution < -0.4 is 4.74 Å². The Kier molecular flexibility index (Phi) is 6.47. The smallest absolute Gasteiger partial charge is 0.410 e. The van der Waals surface area contributed by atoms with Crippen molar-refractivity contribution in [3.05, 3.63) is 36.2 Å². The van der Waals surface area contributed by atoms with E-state index < -0.39 is 5.60 Å². The number of hydrogen-bond acceptors (Lipinski definition) is 5. The molecule has 1 saturated heterocycles. The van der Waals surface area contributed by atoms with Crippen molar-refractivity contribution < 1.29 is 19.4 Å². The Morgan fingerprint density at radius 2 is 2.00 bits per heavy atom. The van der Waals surface area contributed by atoms with E-state index in [9.17, 15) is 9.90 Å². The summed E-state index contributed by atoms with van der Waals surface area (Å²) >= 11 is 0. The molecule has 0 saturated carbocycles. The molecular weight excluding hydrogens is 370 g/mol. The van der Waals surface area contributed by atoms with Gasteiger partial charge in [0.2, 0.25) is 0 Å². The van der Waals surface area contributed by atoms with Crippen LogP contribution in [0.4, 0.5) is 4.79 Å². The van der Waals surface area contributed by atoms with Crippen molar-refractivity contribution in [1.82, 2.24) is 14.7 Å². The molecule has 1 aliphatic heterocycles. The number of ether oxygens (including phenoxy) is 2. The second-order valence-corrected chi connectivity index (χ2v) is 8.40. The molecular formula is C22H31N3O4. The Hall–Kier alpha value is -2.54. The van der Waals surface area contributed by atoms with Crippen molar-refractivity contribution >= 4 is 6.09 Å². The topological polar surface area (TPSA) is 76.8 Å². The Balaban J connectivity index is 1.68. The lowest BCUT2D eigenvalue weighted by molar-refractivity contribution is 0.0185. The van der Waals surface area contributed by atoms with Gasteiger partial charge in [0.15, 0.2) is 0 Å². The van der Waals surface area contributed by atoms with E-state index in [-0.39, 0.29) is 18.7 Å². The summed E-state index contributed by atoms with van der Waals surface area (Å²) < 4.78 is 12.8. The van der Waals surface area contributed by atoms with Gasteiger partial charge in [0.05, 0.1) is 19.3 Å². The maximum absolute atomic E-state index is 12.2.